The second kappa shape index (κ2) is 6.19. The number of Topliss-reactive ketones (excluding diaryl/α,β-unsaturated/α-hetero) is 1. The third-order valence-electron chi connectivity index (χ3n) is 5.34. The highest BCUT2D eigenvalue weighted by Crippen LogP contribution is 2.42. The molecule has 0 aromatic rings. The molecule has 4 nitrogen and oxygen atoms in total. The third kappa shape index (κ3) is 3.16. The molecule has 0 aliphatic carbocycles. The summed E-state index contributed by atoms with van der Waals surface area (Å²) >= 11 is 1.97. The maximum atomic E-state index is 13.1. The number of ketones is 1. The summed E-state index contributed by atoms with van der Waals surface area (Å²) in [6, 6.07) is 0. The summed E-state index contributed by atoms with van der Waals surface area (Å²) in [5.41, 5.74) is -0.386. The van der Waals surface area contributed by atoms with Crippen molar-refractivity contribution in [1.29, 1.82) is 0 Å². The first-order valence-corrected chi connectivity index (χ1v) is 9.28. The average molecular weight is 313 g/mol. The van der Waals surface area contributed by atoms with Crippen molar-refractivity contribution in [3.05, 3.63) is 0 Å². The average Bonchev–Trinajstić information content (AvgIpc) is 2.95. The Morgan fingerprint density at radius 1 is 1.29 bits per heavy atom. The molecule has 0 radical (unpaired) electrons. The van der Waals surface area contributed by atoms with Gasteiger partial charge in [0, 0.05) is 31.4 Å². The molecular formula is C16H27NO3S. The van der Waals surface area contributed by atoms with Crippen molar-refractivity contribution in [3.8, 4) is 0 Å². The zero-order chi connectivity index (χ0) is 14.9. The van der Waals surface area contributed by atoms with E-state index in [2.05, 4.69) is 18.7 Å². The number of morpholine rings is 1. The lowest BCUT2D eigenvalue weighted by atomic mass is 9.77. The Morgan fingerprint density at radius 2 is 2.05 bits per heavy atom. The number of hydrogen-bond acceptors (Lipinski definition) is 5. The number of carbonyl (C=O) groups excluding carboxylic acids is 1. The van der Waals surface area contributed by atoms with E-state index in [9.17, 15) is 4.79 Å². The number of carbonyl (C=O) groups is 1. The highest BCUT2D eigenvalue weighted by atomic mass is 32.2. The lowest BCUT2D eigenvalue weighted by Gasteiger charge is -2.44. The summed E-state index contributed by atoms with van der Waals surface area (Å²) in [7, 11) is 0. The van der Waals surface area contributed by atoms with E-state index in [1.165, 1.54) is 5.75 Å². The van der Waals surface area contributed by atoms with Gasteiger partial charge in [-0.3, -0.25) is 9.69 Å². The molecule has 0 N–H and O–H groups in total. The minimum Gasteiger partial charge on any atom is -0.379 e. The third-order valence-corrected chi connectivity index (χ3v) is 6.56. The normalized spacial score (nSPS) is 35.2. The SMILES string of the molecule is CC(C)(C(=O)C1CCOC2(CCSC2)C1)N1CCOCC1. The summed E-state index contributed by atoms with van der Waals surface area (Å²) in [6.45, 7) is 8.14. The van der Waals surface area contributed by atoms with E-state index in [0.717, 1.165) is 57.9 Å². The highest BCUT2D eigenvalue weighted by Gasteiger charge is 2.46. The number of thioether (sulfide) groups is 1. The Labute approximate surface area is 131 Å². The maximum absolute atomic E-state index is 13.1. The molecule has 120 valence electrons. The lowest BCUT2D eigenvalue weighted by molar-refractivity contribution is -0.146. The quantitative estimate of drug-likeness (QED) is 0.796. The molecule has 3 rings (SSSR count). The van der Waals surface area contributed by atoms with E-state index >= 15 is 0 Å². The minimum atomic E-state index is -0.376. The van der Waals surface area contributed by atoms with Crippen LogP contribution >= 0.6 is 11.8 Å². The molecular weight excluding hydrogens is 286 g/mol. The van der Waals surface area contributed by atoms with Crippen LogP contribution in [0.15, 0.2) is 0 Å². The standard InChI is InChI=1S/C16H27NO3S/c1-15(2,17-5-8-19-9-6-17)14(18)13-3-7-20-16(11-13)4-10-21-12-16/h13H,3-12H2,1-2H3. The molecule has 3 aliphatic heterocycles. The van der Waals surface area contributed by atoms with Gasteiger partial charge in [-0.05, 0) is 38.9 Å². The van der Waals surface area contributed by atoms with E-state index < -0.39 is 0 Å². The number of ether oxygens (including phenoxy) is 2. The monoisotopic (exact) mass is 313 g/mol. The molecule has 2 unspecified atom stereocenters. The Kier molecular flexibility index (Phi) is 4.65. The fraction of sp³-hybridized carbons (Fsp3) is 0.938. The molecule has 1 spiro atoms. The topological polar surface area (TPSA) is 38.8 Å². The largest absolute Gasteiger partial charge is 0.379 e. The molecule has 5 heteroatoms. The van der Waals surface area contributed by atoms with Gasteiger partial charge in [0.15, 0.2) is 5.78 Å². The van der Waals surface area contributed by atoms with Crippen LogP contribution < -0.4 is 0 Å². The molecule has 2 atom stereocenters. The Morgan fingerprint density at radius 3 is 2.71 bits per heavy atom. The van der Waals surface area contributed by atoms with Crippen LogP contribution in [0.4, 0.5) is 0 Å². The van der Waals surface area contributed by atoms with Gasteiger partial charge in [-0.15, -0.1) is 0 Å². The summed E-state index contributed by atoms with van der Waals surface area (Å²) in [6.07, 6.45) is 2.92. The van der Waals surface area contributed by atoms with Gasteiger partial charge in [0.2, 0.25) is 0 Å². The van der Waals surface area contributed by atoms with E-state index in [0.29, 0.717) is 5.78 Å². The van der Waals surface area contributed by atoms with Crippen molar-refractivity contribution >= 4 is 17.5 Å². The zero-order valence-corrected chi connectivity index (χ0v) is 14.0. The van der Waals surface area contributed by atoms with Gasteiger partial charge in [0.05, 0.1) is 24.4 Å². The van der Waals surface area contributed by atoms with E-state index in [1.807, 2.05) is 11.8 Å². The second-order valence-corrected chi connectivity index (χ2v) is 8.15. The number of rotatable bonds is 3. The van der Waals surface area contributed by atoms with Crippen LogP contribution in [0.3, 0.4) is 0 Å². The predicted molar refractivity (Wildman–Crippen MR) is 84.8 cm³/mol. The van der Waals surface area contributed by atoms with Crippen LogP contribution in [0.2, 0.25) is 0 Å². The van der Waals surface area contributed by atoms with E-state index in [-0.39, 0.29) is 17.1 Å². The summed E-state index contributed by atoms with van der Waals surface area (Å²) in [5.74, 6) is 2.81. The van der Waals surface area contributed by atoms with Gasteiger partial charge in [-0.25, -0.2) is 0 Å². The molecule has 21 heavy (non-hydrogen) atoms. The number of hydrogen-bond donors (Lipinski definition) is 0. The van der Waals surface area contributed by atoms with Crippen LogP contribution in [-0.2, 0) is 14.3 Å². The molecule has 3 heterocycles. The first-order chi connectivity index (χ1) is 10.0. The number of nitrogens with zero attached hydrogens (tertiary/aromatic N) is 1. The van der Waals surface area contributed by atoms with Gasteiger partial charge in [-0.2, -0.15) is 11.8 Å². The molecule has 3 saturated heterocycles. The first-order valence-electron chi connectivity index (χ1n) is 8.12. The molecule has 0 saturated carbocycles. The highest BCUT2D eigenvalue weighted by molar-refractivity contribution is 7.99. The Bertz CT molecular complexity index is 387. The molecule has 0 aromatic carbocycles. The van der Waals surface area contributed by atoms with Crippen LogP contribution in [0.5, 0.6) is 0 Å². The smallest absolute Gasteiger partial charge is 0.155 e. The van der Waals surface area contributed by atoms with E-state index in [1.54, 1.807) is 0 Å². The van der Waals surface area contributed by atoms with Gasteiger partial charge in [-0.1, -0.05) is 0 Å². The van der Waals surface area contributed by atoms with Crippen LogP contribution in [0, 0.1) is 5.92 Å². The van der Waals surface area contributed by atoms with Crippen LogP contribution in [0.1, 0.15) is 33.1 Å². The fourth-order valence-corrected chi connectivity index (χ4v) is 5.27. The van der Waals surface area contributed by atoms with E-state index in [4.69, 9.17) is 9.47 Å². The van der Waals surface area contributed by atoms with Gasteiger partial charge in [0.1, 0.15) is 0 Å². The van der Waals surface area contributed by atoms with Crippen LogP contribution in [-0.4, -0.2) is 66.2 Å². The van der Waals surface area contributed by atoms with Crippen molar-refractivity contribution in [2.75, 3.05) is 44.4 Å². The molecule has 0 aromatic heterocycles. The Hall–Kier alpha value is -0.100. The summed E-state index contributed by atoms with van der Waals surface area (Å²) < 4.78 is 11.5. The van der Waals surface area contributed by atoms with Crippen molar-refractivity contribution < 1.29 is 14.3 Å². The van der Waals surface area contributed by atoms with Crippen molar-refractivity contribution in [3.63, 3.8) is 0 Å². The van der Waals surface area contributed by atoms with Crippen molar-refractivity contribution in [2.45, 2.75) is 44.2 Å². The lowest BCUT2D eigenvalue weighted by Crippen LogP contribution is -2.57. The summed E-state index contributed by atoms with van der Waals surface area (Å²) in [4.78, 5) is 15.4. The summed E-state index contributed by atoms with van der Waals surface area (Å²) in [5, 5.41) is 0. The maximum Gasteiger partial charge on any atom is 0.155 e. The fourth-order valence-electron chi connectivity index (χ4n) is 3.89. The molecule has 3 fully saturated rings. The Balaban J connectivity index is 1.68. The molecule has 0 bridgehead atoms. The van der Waals surface area contributed by atoms with Crippen molar-refractivity contribution in [1.82, 2.24) is 4.90 Å². The van der Waals surface area contributed by atoms with Crippen LogP contribution in [0.25, 0.3) is 0 Å². The van der Waals surface area contributed by atoms with Gasteiger partial charge < -0.3 is 9.47 Å². The van der Waals surface area contributed by atoms with Crippen molar-refractivity contribution in [2.24, 2.45) is 5.92 Å². The minimum absolute atomic E-state index is 0.00959. The van der Waals surface area contributed by atoms with Gasteiger partial charge >= 0.3 is 0 Å². The molecule has 0 amide bonds. The molecule has 3 aliphatic rings. The second-order valence-electron chi connectivity index (χ2n) is 7.05. The predicted octanol–water partition coefficient (Wildman–Crippen LogP) is 1.97. The first kappa shape index (κ1) is 15.8. The van der Waals surface area contributed by atoms with Gasteiger partial charge in [0.25, 0.3) is 0 Å². The zero-order valence-electron chi connectivity index (χ0n) is 13.2.